The molecule has 1 rings (SSSR count). The first-order valence-electron chi connectivity index (χ1n) is 4.74. The molecule has 0 unspecified atom stereocenters. The molecule has 0 aromatic carbocycles. The molecule has 1 heteroatoms. The van der Waals surface area contributed by atoms with Gasteiger partial charge in [-0.15, -0.1) is 0 Å². The minimum absolute atomic E-state index is 0.356. The average Bonchev–Trinajstić information content (AvgIpc) is 1.86. The standard InChI is InChI=1S/C10H20O/c1-8(2)9-4-6-10(3,11)7-5-9/h8-9,11H,4-7H2,1-3H3. The van der Waals surface area contributed by atoms with E-state index in [0.717, 1.165) is 24.7 Å². The highest BCUT2D eigenvalue weighted by Crippen LogP contribution is 2.35. The lowest BCUT2D eigenvalue weighted by Crippen LogP contribution is -2.31. The van der Waals surface area contributed by atoms with Gasteiger partial charge in [0.2, 0.25) is 0 Å². The summed E-state index contributed by atoms with van der Waals surface area (Å²) in [6.07, 6.45) is 4.42. The predicted molar refractivity (Wildman–Crippen MR) is 47.4 cm³/mol. The number of hydrogen-bond acceptors (Lipinski definition) is 1. The summed E-state index contributed by atoms with van der Waals surface area (Å²) < 4.78 is 0. The molecule has 1 aliphatic carbocycles. The minimum atomic E-state index is -0.356. The van der Waals surface area contributed by atoms with Crippen LogP contribution >= 0.6 is 0 Å². The van der Waals surface area contributed by atoms with E-state index in [9.17, 15) is 5.11 Å². The van der Waals surface area contributed by atoms with Crippen LogP contribution in [0.25, 0.3) is 0 Å². The minimum Gasteiger partial charge on any atom is -0.390 e. The van der Waals surface area contributed by atoms with Crippen molar-refractivity contribution < 1.29 is 5.11 Å². The topological polar surface area (TPSA) is 20.2 Å². The third-order valence-corrected chi connectivity index (χ3v) is 3.05. The van der Waals surface area contributed by atoms with E-state index in [1.807, 2.05) is 6.92 Å². The fourth-order valence-corrected chi connectivity index (χ4v) is 1.93. The Kier molecular flexibility index (Phi) is 2.58. The largest absolute Gasteiger partial charge is 0.390 e. The van der Waals surface area contributed by atoms with Crippen LogP contribution in [0.3, 0.4) is 0 Å². The Morgan fingerprint density at radius 3 is 2.09 bits per heavy atom. The van der Waals surface area contributed by atoms with Crippen LogP contribution in [-0.2, 0) is 0 Å². The molecule has 0 aromatic rings. The van der Waals surface area contributed by atoms with Crippen molar-refractivity contribution in [3.05, 3.63) is 0 Å². The molecule has 66 valence electrons. The molecule has 0 atom stereocenters. The molecule has 0 bridgehead atoms. The van der Waals surface area contributed by atoms with E-state index < -0.39 is 0 Å². The summed E-state index contributed by atoms with van der Waals surface area (Å²) in [6.45, 7) is 6.53. The molecule has 0 aliphatic heterocycles. The second kappa shape index (κ2) is 3.14. The molecule has 1 nitrogen and oxygen atoms in total. The first kappa shape index (κ1) is 9.05. The number of rotatable bonds is 1. The Morgan fingerprint density at radius 2 is 1.73 bits per heavy atom. The Labute approximate surface area is 69.8 Å². The summed E-state index contributed by atoms with van der Waals surface area (Å²) >= 11 is 0. The summed E-state index contributed by atoms with van der Waals surface area (Å²) in [5.74, 6) is 1.65. The zero-order valence-electron chi connectivity index (χ0n) is 7.93. The van der Waals surface area contributed by atoms with Gasteiger partial charge in [0.25, 0.3) is 0 Å². The Balaban J connectivity index is 2.36. The molecular weight excluding hydrogens is 136 g/mol. The molecular formula is C10H20O. The maximum Gasteiger partial charge on any atom is 0.0620 e. The van der Waals surface area contributed by atoms with Crippen LogP contribution in [0, 0.1) is 11.8 Å². The molecule has 0 saturated heterocycles. The molecule has 0 heterocycles. The maximum atomic E-state index is 9.67. The van der Waals surface area contributed by atoms with Crippen molar-refractivity contribution >= 4 is 0 Å². The lowest BCUT2D eigenvalue weighted by Gasteiger charge is -2.34. The Bertz CT molecular complexity index is 117. The van der Waals surface area contributed by atoms with Crippen molar-refractivity contribution in [2.75, 3.05) is 0 Å². The lowest BCUT2D eigenvalue weighted by atomic mass is 9.75. The molecule has 0 aromatic heterocycles. The fourth-order valence-electron chi connectivity index (χ4n) is 1.93. The lowest BCUT2D eigenvalue weighted by molar-refractivity contribution is 0.00161. The van der Waals surface area contributed by atoms with E-state index in [4.69, 9.17) is 0 Å². The third-order valence-electron chi connectivity index (χ3n) is 3.05. The summed E-state index contributed by atoms with van der Waals surface area (Å²) in [5, 5.41) is 9.67. The van der Waals surface area contributed by atoms with Crippen molar-refractivity contribution in [1.29, 1.82) is 0 Å². The van der Waals surface area contributed by atoms with E-state index in [1.165, 1.54) is 12.8 Å². The van der Waals surface area contributed by atoms with Crippen LogP contribution in [0.4, 0.5) is 0 Å². The van der Waals surface area contributed by atoms with Crippen LogP contribution in [0.5, 0.6) is 0 Å². The second-order valence-electron chi connectivity index (χ2n) is 4.58. The normalized spacial score (nSPS) is 39.5. The highest BCUT2D eigenvalue weighted by atomic mass is 16.3. The van der Waals surface area contributed by atoms with E-state index in [2.05, 4.69) is 13.8 Å². The predicted octanol–water partition coefficient (Wildman–Crippen LogP) is 2.58. The molecule has 1 N–H and O–H groups in total. The van der Waals surface area contributed by atoms with Crippen LogP contribution in [0.15, 0.2) is 0 Å². The third kappa shape index (κ3) is 2.48. The van der Waals surface area contributed by atoms with E-state index in [-0.39, 0.29) is 5.60 Å². The van der Waals surface area contributed by atoms with Gasteiger partial charge >= 0.3 is 0 Å². The van der Waals surface area contributed by atoms with Crippen molar-refractivity contribution in [1.82, 2.24) is 0 Å². The summed E-state index contributed by atoms with van der Waals surface area (Å²) in [7, 11) is 0. The van der Waals surface area contributed by atoms with E-state index in [0.29, 0.717) is 0 Å². The molecule has 11 heavy (non-hydrogen) atoms. The van der Waals surface area contributed by atoms with Crippen LogP contribution in [0.1, 0.15) is 46.5 Å². The summed E-state index contributed by atoms with van der Waals surface area (Å²) in [4.78, 5) is 0. The van der Waals surface area contributed by atoms with Gasteiger partial charge in [0, 0.05) is 0 Å². The molecule has 1 saturated carbocycles. The van der Waals surface area contributed by atoms with Crippen molar-refractivity contribution in [2.24, 2.45) is 11.8 Å². The Hall–Kier alpha value is -0.0400. The zero-order chi connectivity index (χ0) is 8.48. The molecule has 0 spiro atoms. The molecule has 0 amide bonds. The highest BCUT2D eigenvalue weighted by molar-refractivity contribution is 4.82. The number of aliphatic hydroxyl groups is 1. The SMILES string of the molecule is CC(C)C1CCC(C)(O)CC1. The molecule has 0 radical (unpaired) electrons. The van der Waals surface area contributed by atoms with Crippen LogP contribution in [0.2, 0.25) is 0 Å². The van der Waals surface area contributed by atoms with Crippen molar-refractivity contribution in [3.63, 3.8) is 0 Å². The van der Waals surface area contributed by atoms with Crippen molar-refractivity contribution in [3.8, 4) is 0 Å². The van der Waals surface area contributed by atoms with Gasteiger partial charge in [-0.1, -0.05) is 13.8 Å². The zero-order valence-corrected chi connectivity index (χ0v) is 7.93. The first-order chi connectivity index (χ1) is 5.01. The summed E-state index contributed by atoms with van der Waals surface area (Å²) in [5.41, 5.74) is -0.356. The smallest absolute Gasteiger partial charge is 0.0620 e. The second-order valence-corrected chi connectivity index (χ2v) is 4.58. The Morgan fingerprint density at radius 1 is 1.27 bits per heavy atom. The highest BCUT2D eigenvalue weighted by Gasteiger charge is 2.29. The molecule has 1 aliphatic rings. The van der Waals surface area contributed by atoms with Gasteiger partial charge in [-0.25, -0.2) is 0 Å². The van der Waals surface area contributed by atoms with Gasteiger partial charge in [0.05, 0.1) is 5.60 Å². The summed E-state index contributed by atoms with van der Waals surface area (Å²) in [6, 6.07) is 0. The van der Waals surface area contributed by atoms with Crippen LogP contribution in [-0.4, -0.2) is 10.7 Å². The van der Waals surface area contributed by atoms with E-state index >= 15 is 0 Å². The van der Waals surface area contributed by atoms with Crippen molar-refractivity contribution in [2.45, 2.75) is 52.1 Å². The van der Waals surface area contributed by atoms with Gasteiger partial charge in [-0.05, 0) is 44.4 Å². The first-order valence-corrected chi connectivity index (χ1v) is 4.74. The van der Waals surface area contributed by atoms with Gasteiger partial charge in [-0.2, -0.15) is 0 Å². The maximum absolute atomic E-state index is 9.67. The number of hydrogen-bond donors (Lipinski definition) is 1. The molecule has 1 fully saturated rings. The van der Waals surface area contributed by atoms with Crippen LogP contribution < -0.4 is 0 Å². The monoisotopic (exact) mass is 156 g/mol. The quantitative estimate of drug-likeness (QED) is 0.618. The average molecular weight is 156 g/mol. The van der Waals surface area contributed by atoms with Gasteiger partial charge in [0.1, 0.15) is 0 Å². The van der Waals surface area contributed by atoms with Gasteiger partial charge < -0.3 is 5.11 Å². The van der Waals surface area contributed by atoms with E-state index in [1.54, 1.807) is 0 Å². The fraction of sp³-hybridized carbons (Fsp3) is 1.00. The van der Waals surface area contributed by atoms with Gasteiger partial charge in [0.15, 0.2) is 0 Å². The van der Waals surface area contributed by atoms with Gasteiger partial charge in [-0.3, -0.25) is 0 Å².